The summed E-state index contributed by atoms with van der Waals surface area (Å²) in [6, 6.07) is 27.2. The topological polar surface area (TPSA) is 26.3 Å². The number of carbonyl (C=O) groups excluding carboxylic acids is 1. The molecule has 1 aliphatic rings. The van der Waals surface area contributed by atoms with Crippen molar-refractivity contribution in [1.29, 1.82) is 0 Å². The zero-order valence-corrected chi connectivity index (χ0v) is 13.1. The van der Waals surface area contributed by atoms with Crippen molar-refractivity contribution in [2.45, 2.75) is 6.10 Å². The van der Waals surface area contributed by atoms with Crippen molar-refractivity contribution in [3.8, 4) is 5.75 Å². The van der Waals surface area contributed by atoms with Gasteiger partial charge in [0.1, 0.15) is 5.75 Å². The van der Waals surface area contributed by atoms with Crippen LogP contribution in [0.5, 0.6) is 5.75 Å². The van der Waals surface area contributed by atoms with E-state index in [0.29, 0.717) is 16.9 Å². The molecule has 1 heterocycles. The molecule has 3 aromatic carbocycles. The number of benzene rings is 3. The molecule has 0 radical (unpaired) electrons. The molecule has 0 aromatic heterocycles. The van der Waals surface area contributed by atoms with Crippen LogP contribution in [0, 0.1) is 0 Å². The summed E-state index contributed by atoms with van der Waals surface area (Å²) >= 11 is 0. The molecule has 0 spiro atoms. The molecule has 116 valence electrons. The second kappa shape index (κ2) is 6.17. The molecule has 0 fully saturated rings. The lowest BCUT2D eigenvalue weighted by Gasteiger charge is -2.28. The molecule has 2 heteroatoms. The minimum atomic E-state index is -0.395. The molecular weight excluding hydrogens is 296 g/mol. The number of ketones is 1. The maximum atomic E-state index is 13.1. The van der Waals surface area contributed by atoms with Crippen molar-refractivity contribution >= 4 is 11.9 Å². The van der Waals surface area contributed by atoms with Gasteiger partial charge in [-0.2, -0.15) is 0 Å². The van der Waals surface area contributed by atoms with E-state index in [4.69, 9.17) is 4.74 Å². The molecule has 0 N–H and O–H groups in total. The molecule has 2 nitrogen and oxygen atoms in total. The average molecular weight is 312 g/mol. The van der Waals surface area contributed by atoms with Gasteiger partial charge in [-0.3, -0.25) is 4.79 Å². The third-order valence-electron chi connectivity index (χ3n) is 4.15. The summed E-state index contributed by atoms with van der Waals surface area (Å²) in [5.74, 6) is 0.663. The molecular formula is C22H16O2. The van der Waals surface area contributed by atoms with Crippen molar-refractivity contribution in [1.82, 2.24) is 0 Å². The predicted octanol–water partition coefficient (Wildman–Crippen LogP) is 5.09. The van der Waals surface area contributed by atoms with Crippen molar-refractivity contribution in [2.24, 2.45) is 0 Å². The summed E-state index contributed by atoms with van der Waals surface area (Å²) in [5, 5.41) is 0. The van der Waals surface area contributed by atoms with Gasteiger partial charge in [-0.1, -0.05) is 72.8 Å². The number of para-hydroxylation sites is 1. The smallest absolute Gasteiger partial charge is 0.196 e. The average Bonchev–Trinajstić information content (AvgIpc) is 2.65. The number of ether oxygens (including phenoxy) is 1. The van der Waals surface area contributed by atoms with Crippen LogP contribution in [-0.4, -0.2) is 5.78 Å². The first-order valence-corrected chi connectivity index (χ1v) is 7.95. The minimum Gasteiger partial charge on any atom is -0.480 e. The summed E-state index contributed by atoms with van der Waals surface area (Å²) < 4.78 is 6.18. The fraction of sp³-hybridized carbons (Fsp3) is 0.0455. The van der Waals surface area contributed by atoms with Crippen LogP contribution in [0.15, 0.2) is 90.5 Å². The maximum absolute atomic E-state index is 13.1. The standard InChI is InChI=1S/C22H16O2/c23-21-18-13-7-8-14-20(18)24-22(17-11-5-2-6-12-17)19(21)15-16-9-3-1-4-10-16/h1-15,22H/b19-15-. The highest BCUT2D eigenvalue weighted by Gasteiger charge is 2.32. The molecule has 1 atom stereocenters. The molecule has 4 rings (SSSR count). The zero-order chi connectivity index (χ0) is 16.4. The van der Waals surface area contributed by atoms with E-state index in [1.54, 1.807) is 0 Å². The fourth-order valence-corrected chi connectivity index (χ4v) is 2.97. The number of hydrogen-bond acceptors (Lipinski definition) is 2. The van der Waals surface area contributed by atoms with E-state index in [2.05, 4.69) is 0 Å². The van der Waals surface area contributed by atoms with Gasteiger partial charge in [-0.25, -0.2) is 0 Å². The molecule has 1 unspecified atom stereocenters. The largest absolute Gasteiger partial charge is 0.480 e. The first-order valence-electron chi connectivity index (χ1n) is 7.95. The normalized spacial score (nSPS) is 18.1. The van der Waals surface area contributed by atoms with Crippen LogP contribution in [0.1, 0.15) is 27.6 Å². The molecule has 0 saturated heterocycles. The van der Waals surface area contributed by atoms with Crippen LogP contribution in [0.25, 0.3) is 6.08 Å². The molecule has 0 bridgehead atoms. The van der Waals surface area contributed by atoms with Gasteiger partial charge in [0, 0.05) is 5.57 Å². The van der Waals surface area contributed by atoms with E-state index in [0.717, 1.165) is 11.1 Å². The Kier molecular flexibility index (Phi) is 3.72. The van der Waals surface area contributed by atoms with Crippen LogP contribution in [0.4, 0.5) is 0 Å². The van der Waals surface area contributed by atoms with E-state index in [1.165, 1.54) is 0 Å². The Balaban J connectivity index is 1.87. The van der Waals surface area contributed by atoms with Crippen molar-refractivity contribution in [2.75, 3.05) is 0 Å². The van der Waals surface area contributed by atoms with Crippen LogP contribution >= 0.6 is 0 Å². The lowest BCUT2D eigenvalue weighted by Crippen LogP contribution is -2.23. The van der Waals surface area contributed by atoms with Gasteiger partial charge < -0.3 is 4.74 Å². The third kappa shape index (κ3) is 2.63. The summed E-state index contributed by atoms with van der Waals surface area (Å²) in [6.07, 6.45) is 1.53. The highest BCUT2D eigenvalue weighted by Crippen LogP contribution is 2.39. The lowest BCUT2D eigenvalue weighted by atomic mass is 9.89. The third-order valence-corrected chi connectivity index (χ3v) is 4.15. The van der Waals surface area contributed by atoms with Gasteiger partial charge in [0.05, 0.1) is 5.56 Å². The van der Waals surface area contributed by atoms with E-state index in [-0.39, 0.29) is 5.78 Å². The van der Waals surface area contributed by atoms with Crippen LogP contribution < -0.4 is 4.74 Å². The predicted molar refractivity (Wildman–Crippen MR) is 95.0 cm³/mol. The van der Waals surface area contributed by atoms with Gasteiger partial charge in [0.2, 0.25) is 0 Å². The van der Waals surface area contributed by atoms with Gasteiger partial charge in [-0.15, -0.1) is 0 Å². The monoisotopic (exact) mass is 312 g/mol. The van der Waals surface area contributed by atoms with E-state index in [1.807, 2.05) is 91.0 Å². The Morgan fingerprint density at radius 2 is 1.38 bits per heavy atom. The Hall–Kier alpha value is -3.13. The zero-order valence-electron chi connectivity index (χ0n) is 13.1. The van der Waals surface area contributed by atoms with Crippen molar-refractivity contribution in [3.05, 3.63) is 107 Å². The minimum absolute atomic E-state index is 0.0227. The van der Waals surface area contributed by atoms with Crippen LogP contribution in [0.2, 0.25) is 0 Å². The van der Waals surface area contributed by atoms with Crippen LogP contribution in [-0.2, 0) is 0 Å². The number of hydrogen-bond donors (Lipinski definition) is 0. The Morgan fingerprint density at radius 1 is 0.750 bits per heavy atom. The molecule has 0 saturated carbocycles. The van der Waals surface area contributed by atoms with Gasteiger partial charge in [0.25, 0.3) is 0 Å². The first kappa shape index (κ1) is 14.5. The van der Waals surface area contributed by atoms with E-state index < -0.39 is 6.10 Å². The maximum Gasteiger partial charge on any atom is 0.196 e. The second-order valence-electron chi connectivity index (χ2n) is 5.74. The SMILES string of the molecule is O=C1/C(=C/c2ccccc2)C(c2ccccc2)Oc2ccccc21. The van der Waals surface area contributed by atoms with Crippen LogP contribution in [0.3, 0.4) is 0 Å². The lowest BCUT2D eigenvalue weighted by molar-refractivity contribution is 0.0963. The quantitative estimate of drug-likeness (QED) is 0.616. The Bertz CT molecular complexity index is 896. The van der Waals surface area contributed by atoms with E-state index >= 15 is 0 Å². The Labute approximate surface area is 141 Å². The second-order valence-corrected chi connectivity index (χ2v) is 5.74. The highest BCUT2D eigenvalue weighted by molar-refractivity contribution is 6.14. The summed E-state index contributed by atoms with van der Waals surface area (Å²) in [5.41, 5.74) is 3.24. The summed E-state index contributed by atoms with van der Waals surface area (Å²) in [6.45, 7) is 0. The van der Waals surface area contributed by atoms with Crippen molar-refractivity contribution < 1.29 is 9.53 Å². The highest BCUT2D eigenvalue weighted by atomic mass is 16.5. The number of carbonyl (C=O) groups is 1. The molecule has 1 aliphatic heterocycles. The van der Waals surface area contributed by atoms with Gasteiger partial charge in [0.15, 0.2) is 11.9 Å². The van der Waals surface area contributed by atoms with Gasteiger partial charge in [-0.05, 0) is 29.3 Å². The molecule has 3 aromatic rings. The molecule has 24 heavy (non-hydrogen) atoms. The number of fused-ring (bicyclic) bond motifs is 1. The van der Waals surface area contributed by atoms with Gasteiger partial charge >= 0.3 is 0 Å². The summed E-state index contributed by atoms with van der Waals surface area (Å²) in [4.78, 5) is 13.1. The fourth-order valence-electron chi connectivity index (χ4n) is 2.97. The van der Waals surface area contributed by atoms with Crippen molar-refractivity contribution in [3.63, 3.8) is 0 Å². The molecule has 0 aliphatic carbocycles. The Morgan fingerprint density at radius 3 is 2.12 bits per heavy atom. The van der Waals surface area contributed by atoms with E-state index in [9.17, 15) is 4.79 Å². The number of rotatable bonds is 2. The number of Topliss-reactive ketones (excluding diaryl/α,β-unsaturated/α-hetero) is 1. The molecule has 0 amide bonds. The first-order chi connectivity index (χ1) is 11.8. The summed E-state index contributed by atoms with van der Waals surface area (Å²) in [7, 11) is 0.